The second kappa shape index (κ2) is 7.82. The van der Waals surface area contributed by atoms with Gasteiger partial charge in [-0.25, -0.2) is 9.59 Å². The fourth-order valence-corrected chi connectivity index (χ4v) is 3.61. The van der Waals surface area contributed by atoms with Crippen molar-refractivity contribution >= 4 is 12.1 Å². The lowest BCUT2D eigenvalue weighted by molar-refractivity contribution is -0.144. The van der Waals surface area contributed by atoms with Gasteiger partial charge in [-0.3, -0.25) is 0 Å². The van der Waals surface area contributed by atoms with Gasteiger partial charge in [0.1, 0.15) is 12.1 Å². The molecule has 0 aromatic heterocycles. The Bertz CT molecular complexity index is 802. The topological polar surface area (TPSA) is 75.6 Å². The van der Waals surface area contributed by atoms with Crippen LogP contribution in [0.2, 0.25) is 0 Å². The first-order valence-corrected chi connectivity index (χ1v) is 9.33. The molecule has 0 spiro atoms. The number of amides is 1. The summed E-state index contributed by atoms with van der Waals surface area (Å²) in [6.45, 7) is 3.67. The number of benzene rings is 2. The summed E-state index contributed by atoms with van der Waals surface area (Å²) in [5.41, 5.74) is 3.23. The number of hydrogen-bond donors (Lipinski definition) is 2. The van der Waals surface area contributed by atoms with Crippen molar-refractivity contribution in [2.45, 2.75) is 44.6 Å². The first-order valence-electron chi connectivity index (χ1n) is 9.33. The summed E-state index contributed by atoms with van der Waals surface area (Å²) in [4.78, 5) is 23.9. The average molecular weight is 367 g/mol. The first-order chi connectivity index (χ1) is 13.0. The van der Waals surface area contributed by atoms with Gasteiger partial charge >= 0.3 is 12.1 Å². The van der Waals surface area contributed by atoms with E-state index in [0.29, 0.717) is 12.8 Å². The number of unbranched alkanes of at least 4 members (excludes halogenated alkanes) is 1. The Labute approximate surface area is 159 Å². The minimum atomic E-state index is -1.32. The van der Waals surface area contributed by atoms with E-state index < -0.39 is 17.6 Å². The molecule has 27 heavy (non-hydrogen) atoms. The third-order valence-electron chi connectivity index (χ3n) is 5.22. The van der Waals surface area contributed by atoms with Crippen molar-refractivity contribution in [1.29, 1.82) is 0 Å². The summed E-state index contributed by atoms with van der Waals surface area (Å²) in [7, 11) is 0. The zero-order valence-electron chi connectivity index (χ0n) is 15.7. The van der Waals surface area contributed by atoms with Gasteiger partial charge in [0.25, 0.3) is 0 Å². The van der Waals surface area contributed by atoms with E-state index in [1.165, 1.54) is 6.92 Å². The lowest BCUT2D eigenvalue weighted by atomic mass is 9.95. The van der Waals surface area contributed by atoms with Crippen LogP contribution < -0.4 is 5.32 Å². The van der Waals surface area contributed by atoms with Crippen LogP contribution in [0.15, 0.2) is 48.5 Å². The number of nitrogens with one attached hydrogen (secondary N) is 1. The highest BCUT2D eigenvalue weighted by Gasteiger charge is 2.35. The van der Waals surface area contributed by atoms with Crippen molar-refractivity contribution in [2.75, 3.05) is 6.61 Å². The van der Waals surface area contributed by atoms with Crippen LogP contribution in [-0.4, -0.2) is 29.3 Å². The molecule has 2 aromatic carbocycles. The molecule has 0 saturated carbocycles. The van der Waals surface area contributed by atoms with Crippen LogP contribution in [0.25, 0.3) is 11.1 Å². The number of carbonyl (C=O) groups is 2. The van der Waals surface area contributed by atoms with Crippen molar-refractivity contribution in [2.24, 2.45) is 0 Å². The second-order valence-corrected chi connectivity index (χ2v) is 7.19. The summed E-state index contributed by atoms with van der Waals surface area (Å²) < 4.78 is 5.45. The van der Waals surface area contributed by atoms with Gasteiger partial charge in [0, 0.05) is 5.92 Å². The zero-order chi connectivity index (χ0) is 19.4. The number of rotatable bonds is 7. The predicted octanol–water partition coefficient (Wildman–Crippen LogP) is 4.56. The molecule has 1 atom stereocenters. The number of hydrogen-bond acceptors (Lipinski definition) is 3. The molecule has 0 unspecified atom stereocenters. The molecule has 5 heteroatoms. The summed E-state index contributed by atoms with van der Waals surface area (Å²) in [5, 5.41) is 12.0. The maximum atomic E-state index is 12.3. The van der Waals surface area contributed by atoms with Crippen LogP contribution in [0.1, 0.15) is 50.2 Å². The number of carboxylic acid groups (broad SMARTS) is 1. The molecule has 0 heterocycles. The third-order valence-corrected chi connectivity index (χ3v) is 5.22. The van der Waals surface area contributed by atoms with E-state index in [0.717, 1.165) is 28.7 Å². The number of carbonyl (C=O) groups excluding carboxylic acids is 1. The molecule has 2 aromatic rings. The monoisotopic (exact) mass is 367 g/mol. The minimum Gasteiger partial charge on any atom is -0.480 e. The molecular formula is C22H25NO4. The molecule has 2 N–H and O–H groups in total. The number of aliphatic carboxylic acids is 1. The maximum Gasteiger partial charge on any atom is 0.408 e. The highest BCUT2D eigenvalue weighted by atomic mass is 16.5. The summed E-state index contributed by atoms with van der Waals surface area (Å²) in [5.74, 6) is -1.10. The molecule has 5 nitrogen and oxygen atoms in total. The molecule has 0 saturated heterocycles. The van der Waals surface area contributed by atoms with Gasteiger partial charge in [-0.15, -0.1) is 0 Å². The van der Waals surface area contributed by atoms with Gasteiger partial charge in [0.05, 0.1) is 0 Å². The highest BCUT2D eigenvalue weighted by molar-refractivity contribution is 5.84. The van der Waals surface area contributed by atoms with Gasteiger partial charge < -0.3 is 15.2 Å². The van der Waals surface area contributed by atoms with E-state index in [-0.39, 0.29) is 12.5 Å². The Kier molecular flexibility index (Phi) is 5.49. The molecule has 0 aliphatic heterocycles. The molecule has 1 aliphatic rings. The van der Waals surface area contributed by atoms with E-state index in [2.05, 4.69) is 17.4 Å². The van der Waals surface area contributed by atoms with Crippen molar-refractivity contribution < 1.29 is 19.4 Å². The standard InChI is InChI=1S/C22H25NO4/c1-3-4-13-22(2,20(24)25)23-21(26)27-14-19-17-11-7-5-9-15(17)16-10-6-8-12-18(16)19/h5-12,19H,3-4,13-14H2,1-2H3,(H,23,26)(H,24,25)/t22-/m0/s1. The molecule has 1 amide bonds. The molecular weight excluding hydrogens is 342 g/mol. The molecule has 0 fully saturated rings. The predicted molar refractivity (Wildman–Crippen MR) is 104 cm³/mol. The number of carboxylic acids is 1. The first kappa shape index (κ1) is 19.0. The molecule has 0 bridgehead atoms. The van der Waals surface area contributed by atoms with Crippen molar-refractivity contribution in [3.8, 4) is 11.1 Å². The largest absolute Gasteiger partial charge is 0.480 e. The van der Waals surface area contributed by atoms with Crippen LogP contribution in [-0.2, 0) is 9.53 Å². The lowest BCUT2D eigenvalue weighted by Gasteiger charge is -2.26. The fourth-order valence-electron chi connectivity index (χ4n) is 3.61. The molecule has 0 radical (unpaired) electrons. The normalized spacial score (nSPS) is 14.7. The van der Waals surface area contributed by atoms with Gasteiger partial charge in [-0.2, -0.15) is 0 Å². The smallest absolute Gasteiger partial charge is 0.408 e. The number of alkyl carbamates (subject to hydrolysis) is 1. The number of ether oxygens (including phenoxy) is 1. The van der Waals surface area contributed by atoms with E-state index in [1.54, 1.807) is 0 Å². The summed E-state index contributed by atoms with van der Waals surface area (Å²) in [6.07, 6.45) is 1.24. The molecule has 3 rings (SSSR count). The molecule has 142 valence electrons. The van der Waals surface area contributed by atoms with Crippen LogP contribution in [0.5, 0.6) is 0 Å². The quantitative estimate of drug-likeness (QED) is 0.752. The van der Waals surface area contributed by atoms with Crippen molar-refractivity contribution in [3.05, 3.63) is 59.7 Å². The maximum absolute atomic E-state index is 12.3. The van der Waals surface area contributed by atoms with Gasteiger partial charge in [0.2, 0.25) is 0 Å². The Hall–Kier alpha value is -2.82. The van der Waals surface area contributed by atoms with Crippen molar-refractivity contribution in [3.63, 3.8) is 0 Å². The van der Waals surface area contributed by atoms with E-state index in [4.69, 9.17) is 4.74 Å². The highest BCUT2D eigenvalue weighted by Crippen LogP contribution is 2.44. The van der Waals surface area contributed by atoms with Crippen LogP contribution in [0.3, 0.4) is 0 Å². The van der Waals surface area contributed by atoms with Crippen LogP contribution in [0, 0.1) is 0 Å². The Morgan fingerprint density at radius 3 is 2.15 bits per heavy atom. The van der Waals surface area contributed by atoms with E-state index in [1.807, 2.05) is 43.3 Å². The summed E-state index contributed by atoms with van der Waals surface area (Å²) >= 11 is 0. The Morgan fingerprint density at radius 1 is 1.07 bits per heavy atom. The summed E-state index contributed by atoms with van der Waals surface area (Å²) in [6, 6.07) is 16.2. The van der Waals surface area contributed by atoms with Crippen molar-refractivity contribution in [1.82, 2.24) is 5.32 Å². The lowest BCUT2D eigenvalue weighted by Crippen LogP contribution is -2.52. The minimum absolute atomic E-state index is 0.0464. The Morgan fingerprint density at radius 2 is 1.63 bits per heavy atom. The third kappa shape index (κ3) is 3.82. The van der Waals surface area contributed by atoms with Gasteiger partial charge in [-0.1, -0.05) is 68.3 Å². The van der Waals surface area contributed by atoms with Crippen LogP contribution >= 0.6 is 0 Å². The Balaban J connectivity index is 1.71. The zero-order valence-corrected chi connectivity index (χ0v) is 15.7. The van der Waals surface area contributed by atoms with E-state index in [9.17, 15) is 14.7 Å². The second-order valence-electron chi connectivity index (χ2n) is 7.19. The number of fused-ring (bicyclic) bond motifs is 3. The van der Waals surface area contributed by atoms with E-state index >= 15 is 0 Å². The fraction of sp³-hybridized carbons (Fsp3) is 0.364. The van der Waals surface area contributed by atoms with Gasteiger partial charge in [0.15, 0.2) is 0 Å². The molecule has 1 aliphatic carbocycles. The SMILES string of the molecule is CCCC[C@](C)(NC(=O)OCC1c2ccccc2-c2ccccc21)C(=O)O. The average Bonchev–Trinajstić information content (AvgIpc) is 2.98. The van der Waals surface area contributed by atoms with Crippen LogP contribution in [0.4, 0.5) is 4.79 Å². The van der Waals surface area contributed by atoms with Gasteiger partial charge in [-0.05, 0) is 35.6 Å².